The fourth-order valence-corrected chi connectivity index (χ4v) is 1.14. The molecule has 15 heavy (non-hydrogen) atoms. The Morgan fingerprint density at radius 3 is 2.87 bits per heavy atom. The largest absolute Gasteiger partial charge is 0.399 e. The molecule has 0 radical (unpaired) electrons. The van der Waals surface area contributed by atoms with Gasteiger partial charge in [0, 0.05) is 24.0 Å². The molecule has 4 heteroatoms. The first-order valence-electron chi connectivity index (χ1n) is 4.74. The highest BCUT2D eigenvalue weighted by atomic mass is 16.1. The molecular formula is C11H15N3O. The molecule has 0 spiro atoms. The Morgan fingerprint density at radius 1 is 1.47 bits per heavy atom. The summed E-state index contributed by atoms with van der Waals surface area (Å²) in [4.78, 5) is 11.1. The van der Waals surface area contributed by atoms with Crippen molar-refractivity contribution < 1.29 is 4.79 Å². The number of carbonyl (C=O) groups is 1. The second-order valence-corrected chi connectivity index (χ2v) is 3.12. The summed E-state index contributed by atoms with van der Waals surface area (Å²) >= 11 is 0. The minimum atomic E-state index is -0.140. The lowest BCUT2D eigenvalue weighted by atomic mass is 10.1. The summed E-state index contributed by atoms with van der Waals surface area (Å²) in [6.07, 6.45) is 3.09. The number of anilines is 2. The van der Waals surface area contributed by atoms with Gasteiger partial charge >= 0.3 is 0 Å². The Labute approximate surface area is 89.0 Å². The van der Waals surface area contributed by atoms with Crippen molar-refractivity contribution in [3.8, 4) is 0 Å². The third kappa shape index (κ3) is 3.34. The highest BCUT2D eigenvalue weighted by Crippen LogP contribution is 2.16. The zero-order valence-corrected chi connectivity index (χ0v) is 8.66. The van der Waals surface area contributed by atoms with E-state index in [9.17, 15) is 4.79 Å². The molecule has 5 N–H and O–H groups in total. The molecule has 0 atom stereocenters. The van der Waals surface area contributed by atoms with E-state index in [-0.39, 0.29) is 5.91 Å². The van der Waals surface area contributed by atoms with Crippen LogP contribution in [-0.4, -0.2) is 12.5 Å². The number of amides is 1. The van der Waals surface area contributed by atoms with Gasteiger partial charge in [-0.1, -0.05) is 0 Å². The van der Waals surface area contributed by atoms with Gasteiger partial charge in [-0.2, -0.15) is 0 Å². The van der Waals surface area contributed by atoms with E-state index in [4.69, 9.17) is 11.5 Å². The second kappa shape index (κ2) is 5.05. The van der Waals surface area contributed by atoms with Gasteiger partial charge in [-0.15, -0.1) is 0 Å². The third-order valence-corrected chi connectivity index (χ3v) is 1.88. The van der Waals surface area contributed by atoms with Gasteiger partial charge in [0.1, 0.15) is 0 Å². The average Bonchev–Trinajstić information content (AvgIpc) is 2.20. The van der Waals surface area contributed by atoms with Crippen LogP contribution in [0.4, 0.5) is 11.4 Å². The number of likely N-dealkylation sites (N-methyl/N-ethyl adjacent to an activating group) is 1. The van der Waals surface area contributed by atoms with Gasteiger partial charge in [0.05, 0.1) is 0 Å². The zero-order valence-electron chi connectivity index (χ0n) is 8.66. The van der Waals surface area contributed by atoms with Gasteiger partial charge in [-0.05, 0) is 36.8 Å². The maximum atomic E-state index is 11.1. The van der Waals surface area contributed by atoms with E-state index in [1.54, 1.807) is 24.3 Å². The first-order valence-corrected chi connectivity index (χ1v) is 4.74. The highest BCUT2D eigenvalue weighted by molar-refractivity contribution is 5.92. The van der Waals surface area contributed by atoms with E-state index in [0.717, 1.165) is 5.56 Å². The maximum Gasteiger partial charge on any atom is 0.243 e. The number of nitrogens with two attached hydrogens (primary N) is 2. The molecule has 1 amide bonds. The number of hydrogen-bond donors (Lipinski definition) is 3. The van der Waals surface area contributed by atoms with Crippen LogP contribution >= 0.6 is 0 Å². The summed E-state index contributed by atoms with van der Waals surface area (Å²) in [5, 5.41) is 2.65. The molecule has 0 aliphatic carbocycles. The molecule has 0 saturated heterocycles. The van der Waals surface area contributed by atoms with Gasteiger partial charge in [-0.3, -0.25) is 4.79 Å². The molecule has 0 heterocycles. The normalized spacial score (nSPS) is 10.5. The van der Waals surface area contributed by atoms with Crippen LogP contribution in [0.15, 0.2) is 24.3 Å². The van der Waals surface area contributed by atoms with E-state index >= 15 is 0 Å². The van der Waals surface area contributed by atoms with Crippen LogP contribution in [0.3, 0.4) is 0 Å². The lowest BCUT2D eigenvalue weighted by Crippen LogP contribution is -2.19. The van der Waals surface area contributed by atoms with Crippen molar-refractivity contribution in [1.29, 1.82) is 0 Å². The molecule has 0 unspecified atom stereocenters. The first-order chi connectivity index (χ1) is 7.13. The van der Waals surface area contributed by atoms with Crippen LogP contribution < -0.4 is 16.8 Å². The van der Waals surface area contributed by atoms with Crippen LogP contribution in [0.25, 0.3) is 6.08 Å². The van der Waals surface area contributed by atoms with Crippen LogP contribution in [0.2, 0.25) is 0 Å². The smallest absolute Gasteiger partial charge is 0.243 e. The maximum absolute atomic E-state index is 11.1. The third-order valence-electron chi connectivity index (χ3n) is 1.88. The molecule has 0 aliphatic heterocycles. The summed E-state index contributed by atoms with van der Waals surface area (Å²) in [7, 11) is 0. The summed E-state index contributed by atoms with van der Waals surface area (Å²) in [5.41, 5.74) is 13.3. The van der Waals surface area contributed by atoms with Crippen molar-refractivity contribution in [2.24, 2.45) is 0 Å². The minimum Gasteiger partial charge on any atom is -0.399 e. The van der Waals surface area contributed by atoms with Crippen molar-refractivity contribution in [2.75, 3.05) is 18.0 Å². The molecule has 1 aromatic rings. The molecule has 0 bridgehead atoms. The van der Waals surface area contributed by atoms with Gasteiger partial charge in [0.15, 0.2) is 0 Å². The fraction of sp³-hybridized carbons (Fsp3) is 0.182. The molecule has 1 rings (SSSR count). The van der Waals surface area contributed by atoms with Crippen molar-refractivity contribution >= 4 is 23.4 Å². The van der Waals surface area contributed by atoms with Crippen LogP contribution in [0.5, 0.6) is 0 Å². The molecule has 1 aromatic carbocycles. The first kappa shape index (κ1) is 11.1. The van der Waals surface area contributed by atoms with Crippen LogP contribution in [0.1, 0.15) is 12.5 Å². The quantitative estimate of drug-likeness (QED) is 0.508. The summed E-state index contributed by atoms with van der Waals surface area (Å²) in [6, 6.07) is 5.16. The minimum absolute atomic E-state index is 0.140. The molecule has 0 aliphatic rings. The number of nitrogens with one attached hydrogen (secondary N) is 1. The van der Waals surface area contributed by atoms with Gasteiger partial charge < -0.3 is 16.8 Å². The van der Waals surface area contributed by atoms with E-state index in [1.807, 2.05) is 6.92 Å². The summed E-state index contributed by atoms with van der Waals surface area (Å²) in [6.45, 7) is 2.47. The Balaban J connectivity index is 2.79. The lowest BCUT2D eigenvalue weighted by Gasteiger charge is -2.01. The van der Waals surface area contributed by atoms with Crippen molar-refractivity contribution in [3.63, 3.8) is 0 Å². The van der Waals surface area contributed by atoms with Crippen molar-refractivity contribution in [2.45, 2.75) is 6.92 Å². The number of hydrogen-bond acceptors (Lipinski definition) is 3. The monoisotopic (exact) mass is 205 g/mol. The van der Waals surface area contributed by atoms with Gasteiger partial charge in [0.2, 0.25) is 5.91 Å². The van der Waals surface area contributed by atoms with Crippen LogP contribution in [0, 0.1) is 0 Å². The van der Waals surface area contributed by atoms with E-state index < -0.39 is 0 Å². The average molecular weight is 205 g/mol. The molecule has 4 nitrogen and oxygen atoms in total. The molecule has 0 aromatic heterocycles. The SMILES string of the molecule is CCNC(=O)C=Cc1cc(N)ccc1N. The number of benzene rings is 1. The van der Waals surface area contributed by atoms with Crippen molar-refractivity contribution in [3.05, 3.63) is 29.8 Å². The zero-order chi connectivity index (χ0) is 11.3. The number of nitrogen functional groups attached to an aromatic ring is 2. The fourth-order valence-electron chi connectivity index (χ4n) is 1.14. The molecule has 0 saturated carbocycles. The van der Waals surface area contributed by atoms with E-state index in [2.05, 4.69) is 5.32 Å². The van der Waals surface area contributed by atoms with E-state index in [0.29, 0.717) is 17.9 Å². The summed E-state index contributed by atoms with van der Waals surface area (Å²) in [5.74, 6) is -0.140. The van der Waals surface area contributed by atoms with Crippen LogP contribution in [-0.2, 0) is 4.79 Å². The predicted octanol–water partition coefficient (Wildman–Crippen LogP) is 1.00. The Morgan fingerprint density at radius 2 is 2.20 bits per heavy atom. The number of rotatable bonds is 3. The Kier molecular flexibility index (Phi) is 3.74. The molecular weight excluding hydrogens is 190 g/mol. The van der Waals surface area contributed by atoms with Gasteiger partial charge in [-0.25, -0.2) is 0 Å². The van der Waals surface area contributed by atoms with Crippen molar-refractivity contribution in [1.82, 2.24) is 5.32 Å². The Hall–Kier alpha value is -1.97. The second-order valence-electron chi connectivity index (χ2n) is 3.12. The topological polar surface area (TPSA) is 81.1 Å². The molecule has 80 valence electrons. The van der Waals surface area contributed by atoms with Gasteiger partial charge in [0.25, 0.3) is 0 Å². The Bertz CT molecular complexity index is 385. The summed E-state index contributed by atoms with van der Waals surface area (Å²) < 4.78 is 0. The standard InChI is InChI=1S/C11H15N3O/c1-2-14-11(15)6-3-8-7-9(12)4-5-10(8)13/h3-7H,2,12-13H2,1H3,(H,14,15). The number of carbonyl (C=O) groups excluding carboxylic acids is 1. The lowest BCUT2D eigenvalue weighted by molar-refractivity contribution is -0.116. The predicted molar refractivity (Wildman–Crippen MR) is 63.0 cm³/mol. The van der Waals surface area contributed by atoms with E-state index in [1.165, 1.54) is 6.08 Å². The highest BCUT2D eigenvalue weighted by Gasteiger charge is 1.97. The molecule has 0 fully saturated rings.